The van der Waals surface area contributed by atoms with Crippen LogP contribution in [0.25, 0.3) is 0 Å². The maximum Gasteiger partial charge on any atom is 0.0548 e. The highest BCUT2D eigenvalue weighted by molar-refractivity contribution is 7.85. The Morgan fingerprint density at radius 1 is 1.32 bits per heavy atom. The Morgan fingerprint density at radius 2 is 1.95 bits per heavy atom. The molecular weight excluding hydrogens is 254 g/mol. The third-order valence-electron chi connectivity index (χ3n) is 3.97. The van der Waals surface area contributed by atoms with Crippen LogP contribution in [-0.2, 0) is 10.8 Å². The summed E-state index contributed by atoms with van der Waals surface area (Å²) < 4.78 is 12.6. The van der Waals surface area contributed by atoms with Gasteiger partial charge in [-0.1, -0.05) is 45.0 Å². The lowest BCUT2D eigenvalue weighted by Gasteiger charge is -2.36. The maximum absolute atomic E-state index is 12.6. The number of rotatable bonds is 4. The number of fused-ring (bicyclic) bond motifs is 1. The van der Waals surface area contributed by atoms with Gasteiger partial charge in [0.2, 0.25) is 0 Å². The standard InChI is InChI=1S/C16H25NOS/c1-11(2)10-19(18)15-9-12(3)13-7-5-6-8-14(13)16(15)17-4/h5-8,11-12,15-17H,9-10H2,1-4H3. The molecule has 3 heteroatoms. The highest BCUT2D eigenvalue weighted by Crippen LogP contribution is 2.39. The zero-order valence-corrected chi connectivity index (χ0v) is 13.2. The summed E-state index contributed by atoms with van der Waals surface area (Å²) >= 11 is 0. The molecule has 0 saturated carbocycles. The molecule has 1 aliphatic rings. The average Bonchev–Trinajstić information content (AvgIpc) is 2.38. The highest BCUT2D eigenvalue weighted by atomic mass is 32.2. The molecule has 0 saturated heterocycles. The summed E-state index contributed by atoms with van der Waals surface area (Å²) in [4.78, 5) is 0. The summed E-state index contributed by atoms with van der Waals surface area (Å²) in [6.07, 6.45) is 1.02. The Morgan fingerprint density at radius 3 is 2.53 bits per heavy atom. The fourth-order valence-electron chi connectivity index (χ4n) is 3.11. The van der Waals surface area contributed by atoms with Crippen molar-refractivity contribution in [2.24, 2.45) is 5.92 Å². The lowest BCUT2D eigenvalue weighted by molar-refractivity contribution is 0.461. The Labute approximate surface area is 119 Å². The molecule has 2 rings (SSSR count). The van der Waals surface area contributed by atoms with E-state index in [9.17, 15) is 4.21 Å². The molecule has 0 amide bonds. The first-order valence-electron chi connectivity index (χ1n) is 7.17. The molecule has 1 aromatic carbocycles. The van der Waals surface area contributed by atoms with Crippen LogP contribution in [0.2, 0.25) is 0 Å². The van der Waals surface area contributed by atoms with E-state index in [-0.39, 0.29) is 11.3 Å². The molecule has 1 N–H and O–H groups in total. The van der Waals surface area contributed by atoms with Gasteiger partial charge in [0.1, 0.15) is 0 Å². The van der Waals surface area contributed by atoms with Gasteiger partial charge in [0.15, 0.2) is 0 Å². The normalized spacial score (nSPS) is 28.2. The smallest absolute Gasteiger partial charge is 0.0548 e. The number of hydrogen-bond acceptors (Lipinski definition) is 2. The Hall–Kier alpha value is -0.670. The first kappa shape index (κ1) is 14.7. The van der Waals surface area contributed by atoms with Gasteiger partial charge in [-0.3, -0.25) is 4.21 Å². The Balaban J connectivity index is 2.31. The van der Waals surface area contributed by atoms with Crippen molar-refractivity contribution < 1.29 is 4.21 Å². The van der Waals surface area contributed by atoms with E-state index in [1.54, 1.807) is 0 Å². The fraction of sp³-hybridized carbons (Fsp3) is 0.625. The molecule has 0 aliphatic heterocycles. The summed E-state index contributed by atoms with van der Waals surface area (Å²) in [7, 11) is 1.23. The second kappa shape index (κ2) is 6.19. The summed E-state index contributed by atoms with van der Waals surface area (Å²) in [6.45, 7) is 6.54. The van der Waals surface area contributed by atoms with Gasteiger partial charge in [-0.05, 0) is 36.4 Å². The predicted octanol–water partition coefficient (Wildman–Crippen LogP) is 3.23. The fourth-order valence-corrected chi connectivity index (χ4v) is 5.10. The van der Waals surface area contributed by atoms with Gasteiger partial charge in [-0.2, -0.15) is 0 Å². The third kappa shape index (κ3) is 3.09. The molecule has 106 valence electrons. The first-order valence-corrected chi connectivity index (χ1v) is 8.56. The summed E-state index contributed by atoms with van der Waals surface area (Å²) in [5, 5.41) is 3.63. The Bertz CT molecular complexity index is 458. The molecule has 2 nitrogen and oxygen atoms in total. The summed E-state index contributed by atoms with van der Waals surface area (Å²) in [5.41, 5.74) is 2.76. The Kier molecular flexibility index (Phi) is 4.80. The van der Waals surface area contributed by atoms with Crippen molar-refractivity contribution >= 4 is 10.8 Å². The van der Waals surface area contributed by atoms with E-state index >= 15 is 0 Å². The van der Waals surface area contributed by atoms with Crippen molar-refractivity contribution in [2.45, 2.75) is 44.4 Å². The molecule has 0 bridgehead atoms. The van der Waals surface area contributed by atoms with Crippen LogP contribution in [0.1, 0.15) is 50.3 Å². The minimum atomic E-state index is -0.757. The third-order valence-corrected chi connectivity index (χ3v) is 6.10. The van der Waals surface area contributed by atoms with Crippen LogP contribution in [0.3, 0.4) is 0 Å². The van der Waals surface area contributed by atoms with Crippen molar-refractivity contribution in [1.82, 2.24) is 5.32 Å². The van der Waals surface area contributed by atoms with E-state index in [0.29, 0.717) is 11.8 Å². The molecule has 0 fully saturated rings. The predicted molar refractivity (Wildman–Crippen MR) is 82.9 cm³/mol. The van der Waals surface area contributed by atoms with Crippen LogP contribution in [0, 0.1) is 5.92 Å². The van der Waals surface area contributed by atoms with E-state index in [4.69, 9.17) is 0 Å². The first-order chi connectivity index (χ1) is 9.04. The van der Waals surface area contributed by atoms with E-state index in [1.807, 2.05) is 7.05 Å². The van der Waals surface area contributed by atoms with Crippen LogP contribution >= 0.6 is 0 Å². The van der Waals surface area contributed by atoms with Crippen LogP contribution in [-0.4, -0.2) is 22.3 Å². The van der Waals surface area contributed by atoms with Gasteiger partial charge in [0.05, 0.1) is 5.25 Å². The lowest BCUT2D eigenvalue weighted by atomic mass is 9.81. The van der Waals surface area contributed by atoms with E-state index in [1.165, 1.54) is 11.1 Å². The molecule has 4 unspecified atom stereocenters. The highest BCUT2D eigenvalue weighted by Gasteiger charge is 2.35. The van der Waals surface area contributed by atoms with Crippen molar-refractivity contribution in [2.75, 3.05) is 12.8 Å². The minimum Gasteiger partial charge on any atom is -0.312 e. The molecular formula is C16H25NOS. The van der Waals surface area contributed by atoms with Crippen LogP contribution in [0.5, 0.6) is 0 Å². The molecule has 0 heterocycles. The van der Waals surface area contributed by atoms with Crippen molar-refractivity contribution in [1.29, 1.82) is 0 Å². The molecule has 0 radical (unpaired) electrons. The van der Waals surface area contributed by atoms with Gasteiger partial charge in [0.25, 0.3) is 0 Å². The summed E-state index contributed by atoms with van der Waals surface area (Å²) in [5.74, 6) is 1.80. The zero-order chi connectivity index (χ0) is 14.0. The van der Waals surface area contributed by atoms with Crippen LogP contribution in [0.15, 0.2) is 24.3 Å². The van der Waals surface area contributed by atoms with Gasteiger partial charge >= 0.3 is 0 Å². The van der Waals surface area contributed by atoms with Crippen molar-refractivity contribution in [3.8, 4) is 0 Å². The van der Waals surface area contributed by atoms with Gasteiger partial charge < -0.3 is 5.32 Å². The largest absolute Gasteiger partial charge is 0.312 e. The number of nitrogens with one attached hydrogen (secondary N) is 1. The monoisotopic (exact) mass is 279 g/mol. The van der Waals surface area contributed by atoms with E-state index in [0.717, 1.165) is 12.2 Å². The average molecular weight is 279 g/mol. The van der Waals surface area contributed by atoms with Crippen molar-refractivity contribution in [3.63, 3.8) is 0 Å². The second-order valence-electron chi connectivity index (χ2n) is 6.01. The number of hydrogen-bond donors (Lipinski definition) is 1. The topological polar surface area (TPSA) is 29.1 Å². The van der Waals surface area contributed by atoms with Crippen LogP contribution in [0.4, 0.5) is 0 Å². The molecule has 1 aliphatic carbocycles. The quantitative estimate of drug-likeness (QED) is 0.917. The van der Waals surface area contributed by atoms with E-state index in [2.05, 4.69) is 50.4 Å². The SMILES string of the molecule is CNC1c2ccccc2C(C)CC1S(=O)CC(C)C. The van der Waals surface area contributed by atoms with Gasteiger partial charge in [0, 0.05) is 22.6 Å². The van der Waals surface area contributed by atoms with Gasteiger partial charge in [-0.25, -0.2) is 0 Å². The lowest BCUT2D eigenvalue weighted by Crippen LogP contribution is -2.39. The number of benzene rings is 1. The molecule has 0 aromatic heterocycles. The zero-order valence-electron chi connectivity index (χ0n) is 12.3. The van der Waals surface area contributed by atoms with E-state index < -0.39 is 10.8 Å². The molecule has 19 heavy (non-hydrogen) atoms. The second-order valence-corrected chi connectivity index (χ2v) is 7.71. The maximum atomic E-state index is 12.6. The van der Waals surface area contributed by atoms with Gasteiger partial charge in [-0.15, -0.1) is 0 Å². The molecule has 4 atom stereocenters. The van der Waals surface area contributed by atoms with Crippen molar-refractivity contribution in [3.05, 3.63) is 35.4 Å². The molecule has 1 aromatic rings. The van der Waals surface area contributed by atoms with Crippen LogP contribution < -0.4 is 5.32 Å². The summed E-state index contributed by atoms with van der Waals surface area (Å²) in [6, 6.07) is 8.82. The minimum absolute atomic E-state index is 0.229. The molecule has 0 spiro atoms.